The Balaban J connectivity index is 2.71. The fraction of sp³-hybridized carbons (Fsp3) is 0.529. The number of likely N-dealkylation sites (N-methyl/N-ethyl adjacent to an activating group) is 1. The van der Waals surface area contributed by atoms with E-state index in [1.807, 2.05) is 30.3 Å². The molecule has 0 aliphatic carbocycles. The molecule has 1 rings (SSSR count). The zero-order chi connectivity index (χ0) is 16.0. The van der Waals surface area contributed by atoms with Crippen molar-refractivity contribution < 1.29 is 14.7 Å². The van der Waals surface area contributed by atoms with Crippen molar-refractivity contribution in [1.29, 1.82) is 0 Å². The van der Waals surface area contributed by atoms with Gasteiger partial charge in [-0.15, -0.1) is 0 Å². The van der Waals surface area contributed by atoms with Crippen LogP contribution in [0.5, 0.6) is 0 Å². The Morgan fingerprint density at radius 3 is 2.24 bits per heavy atom. The van der Waals surface area contributed by atoms with E-state index in [4.69, 9.17) is 0 Å². The zero-order valence-electron chi connectivity index (χ0n) is 13.3. The van der Waals surface area contributed by atoms with Crippen molar-refractivity contribution >= 4 is 11.9 Å². The molecule has 4 nitrogen and oxygen atoms in total. The first kappa shape index (κ1) is 17.2. The summed E-state index contributed by atoms with van der Waals surface area (Å²) in [6.45, 7) is 6.21. The highest BCUT2D eigenvalue weighted by Gasteiger charge is 2.27. The number of hydrogen-bond donors (Lipinski definition) is 1. The van der Waals surface area contributed by atoms with Crippen molar-refractivity contribution in [3.63, 3.8) is 0 Å². The second-order valence-corrected chi connectivity index (χ2v) is 6.61. The van der Waals surface area contributed by atoms with E-state index in [-0.39, 0.29) is 11.3 Å². The molecule has 0 heterocycles. The Labute approximate surface area is 126 Å². The average molecular weight is 291 g/mol. The van der Waals surface area contributed by atoms with Crippen molar-refractivity contribution in [2.75, 3.05) is 7.05 Å². The van der Waals surface area contributed by atoms with Gasteiger partial charge in [-0.2, -0.15) is 0 Å². The van der Waals surface area contributed by atoms with Crippen LogP contribution in [0.3, 0.4) is 0 Å². The minimum Gasteiger partial charge on any atom is -0.480 e. The van der Waals surface area contributed by atoms with E-state index in [1.54, 1.807) is 7.05 Å². The molecule has 1 N–H and O–H groups in total. The maximum atomic E-state index is 12.2. The lowest BCUT2D eigenvalue weighted by atomic mass is 9.90. The van der Waals surface area contributed by atoms with Gasteiger partial charge in [-0.1, -0.05) is 51.1 Å². The number of carbonyl (C=O) groups is 2. The highest BCUT2D eigenvalue weighted by atomic mass is 16.4. The van der Waals surface area contributed by atoms with Gasteiger partial charge in [-0.25, -0.2) is 4.79 Å². The van der Waals surface area contributed by atoms with Crippen molar-refractivity contribution in [3.05, 3.63) is 35.9 Å². The zero-order valence-corrected chi connectivity index (χ0v) is 13.3. The van der Waals surface area contributed by atoms with E-state index in [0.29, 0.717) is 12.8 Å². The number of nitrogens with zero attached hydrogens (tertiary/aromatic N) is 1. The molecule has 0 fully saturated rings. The molecule has 0 aromatic heterocycles. The lowest BCUT2D eigenvalue weighted by molar-refractivity contribution is -0.149. The monoisotopic (exact) mass is 291 g/mol. The molecule has 0 saturated heterocycles. The summed E-state index contributed by atoms with van der Waals surface area (Å²) >= 11 is 0. The number of carbonyl (C=O) groups excluding carboxylic acids is 1. The number of rotatable bonds is 6. The molecule has 4 heteroatoms. The van der Waals surface area contributed by atoms with Crippen LogP contribution < -0.4 is 0 Å². The molecule has 0 bridgehead atoms. The van der Waals surface area contributed by atoms with Gasteiger partial charge in [-0.05, 0) is 17.4 Å². The summed E-state index contributed by atoms with van der Waals surface area (Å²) in [5.74, 6) is -1.08. The van der Waals surface area contributed by atoms with Crippen LogP contribution in [-0.4, -0.2) is 35.0 Å². The van der Waals surface area contributed by atoms with Gasteiger partial charge in [-0.3, -0.25) is 4.79 Å². The van der Waals surface area contributed by atoms with Gasteiger partial charge in [0.1, 0.15) is 6.04 Å². The SMILES string of the molecule is CN(C(=O)CCC(C)(C)C)[C@@H](Cc1ccccc1)C(=O)O. The highest BCUT2D eigenvalue weighted by Crippen LogP contribution is 2.21. The fourth-order valence-electron chi connectivity index (χ4n) is 2.06. The molecule has 0 radical (unpaired) electrons. The maximum Gasteiger partial charge on any atom is 0.326 e. The number of aliphatic carboxylic acids is 1. The van der Waals surface area contributed by atoms with Crippen LogP contribution in [0.1, 0.15) is 39.2 Å². The lowest BCUT2D eigenvalue weighted by Gasteiger charge is -2.26. The minimum absolute atomic E-state index is 0.0641. The highest BCUT2D eigenvalue weighted by molar-refractivity contribution is 5.83. The number of carboxylic acid groups (broad SMARTS) is 1. The van der Waals surface area contributed by atoms with Crippen molar-refractivity contribution in [2.24, 2.45) is 5.41 Å². The molecular formula is C17H25NO3. The maximum absolute atomic E-state index is 12.2. The van der Waals surface area contributed by atoms with Gasteiger partial charge in [0, 0.05) is 19.9 Å². The molecule has 0 spiro atoms. The summed E-state index contributed by atoms with van der Waals surface area (Å²) in [7, 11) is 1.58. The second-order valence-electron chi connectivity index (χ2n) is 6.61. The number of amides is 1. The number of carboxylic acids is 1. The summed E-state index contributed by atoms with van der Waals surface area (Å²) < 4.78 is 0. The van der Waals surface area contributed by atoms with Crippen LogP contribution in [0.2, 0.25) is 0 Å². The Morgan fingerprint density at radius 2 is 1.76 bits per heavy atom. The van der Waals surface area contributed by atoms with E-state index in [2.05, 4.69) is 20.8 Å². The Bertz CT molecular complexity index is 477. The van der Waals surface area contributed by atoms with Gasteiger partial charge in [0.15, 0.2) is 0 Å². The molecule has 0 aliphatic rings. The molecule has 1 atom stereocenters. The summed E-state index contributed by atoms with van der Waals surface area (Å²) in [6, 6.07) is 8.56. The van der Waals surface area contributed by atoms with Crippen LogP contribution >= 0.6 is 0 Å². The predicted octanol–water partition coefficient (Wildman–Crippen LogP) is 2.97. The van der Waals surface area contributed by atoms with Gasteiger partial charge < -0.3 is 10.0 Å². The third-order valence-electron chi connectivity index (χ3n) is 3.51. The summed E-state index contributed by atoms with van der Waals surface area (Å²) in [6.07, 6.45) is 1.44. The first-order chi connectivity index (χ1) is 9.70. The first-order valence-corrected chi connectivity index (χ1v) is 7.23. The van der Waals surface area contributed by atoms with Crippen molar-refractivity contribution in [3.8, 4) is 0 Å². The van der Waals surface area contributed by atoms with Gasteiger partial charge >= 0.3 is 5.97 Å². The second kappa shape index (κ2) is 7.25. The Kier molecular flexibility index (Phi) is 5.94. The molecular weight excluding hydrogens is 266 g/mol. The summed E-state index contributed by atoms with van der Waals surface area (Å²) in [5.41, 5.74) is 0.981. The first-order valence-electron chi connectivity index (χ1n) is 7.23. The Hall–Kier alpha value is -1.84. The van der Waals surface area contributed by atoms with E-state index in [9.17, 15) is 14.7 Å². The molecule has 1 aromatic carbocycles. The van der Waals surface area contributed by atoms with Gasteiger partial charge in [0.05, 0.1) is 0 Å². The normalized spacial score (nSPS) is 12.8. The molecule has 0 unspecified atom stereocenters. The van der Waals surface area contributed by atoms with Gasteiger partial charge in [0.25, 0.3) is 0 Å². The summed E-state index contributed by atoms with van der Waals surface area (Å²) in [4.78, 5) is 25.0. The molecule has 21 heavy (non-hydrogen) atoms. The fourth-order valence-corrected chi connectivity index (χ4v) is 2.06. The molecule has 1 aromatic rings. The third kappa shape index (κ3) is 5.98. The minimum atomic E-state index is -0.967. The van der Waals surface area contributed by atoms with Crippen molar-refractivity contribution in [2.45, 2.75) is 46.1 Å². The molecule has 0 aliphatic heterocycles. The van der Waals surface area contributed by atoms with E-state index in [0.717, 1.165) is 12.0 Å². The lowest BCUT2D eigenvalue weighted by Crippen LogP contribution is -2.44. The van der Waals surface area contributed by atoms with Crippen LogP contribution in [-0.2, 0) is 16.0 Å². The van der Waals surface area contributed by atoms with Crippen LogP contribution in [0, 0.1) is 5.41 Å². The average Bonchev–Trinajstić information content (AvgIpc) is 2.41. The number of benzene rings is 1. The third-order valence-corrected chi connectivity index (χ3v) is 3.51. The van der Waals surface area contributed by atoms with Crippen molar-refractivity contribution in [1.82, 2.24) is 4.90 Å². The Morgan fingerprint density at radius 1 is 1.19 bits per heavy atom. The quantitative estimate of drug-likeness (QED) is 0.876. The predicted molar refractivity (Wildman–Crippen MR) is 83.0 cm³/mol. The molecule has 1 amide bonds. The van der Waals surface area contributed by atoms with Gasteiger partial charge in [0.2, 0.25) is 5.91 Å². The molecule has 116 valence electrons. The van der Waals surface area contributed by atoms with Crippen LogP contribution in [0.25, 0.3) is 0 Å². The topological polar surface area (TPSA) is 57.6 Å². The largest absolute Gasteiger partial charge is 0.480 e. The number of hydrogen-bond acceptors (Lipinski definition) is 2. The van der Waals surface area contributed by atoms with Crippen LogP contribution in [0.15, 0.2) is 30.3 Å². The van der Waals surface area contributed by atoms with E-state index < -0.39 is 12.0 Å². The standard InChI is InChI=1S/C17H25NO3/c1-17(2,3)11-10-15(19)18(4)14(16(20)21)12-13-8-6-5-7-9-13/h5-9,14H,10-12H2,1-4H3,(H,20,21)/t14-/m0/s1. The summed E-state index contributed by atoms with van der Waals surface area (Å²) in [5, 5.41) is 9.39. The molecule has 0 saturated carbocycles. The van der Waals surface area contributed by atoms with E-state index >= 15 is 0 Å². The van der Waals surface area contributed by atoms with Crippen LogP contribution in [0.4, 0.5) is 0 Å². The van der Waals surface area contributed by atoms with E-state index in [1.165, 1.54) is 4.90 Å². The smallest absolute Gasteiger partial charge is 0.326 e.